The highest BCUT2D eigenvalue weighted by atomic mass is 79.9. The van der Waals surface area contributed by atoms with Crippen molar-refractivity contribution in [2.75, 3.05) is 6.61 Å². The standard InChI is InChI=1S/C13H17BrO/c14-13-8-4-5-11(13)9-10-15-12-6-2-1-3-7-12/h1-3,6-7,11,13H,4-5,8-10H2. The molecule has 0 saturated heterocycles. The quantitative estimate of drug-likeness (QED) is 0.750. The summed E-state index contributed by atoms with van der Waals surface area (Å²) in [7, 11) is 0. The molecule has 1 nitrogen and oxygen atoms in total. The summed E-state index contributed by atoms with van der Waals surface area (Å²) in [4.78, 5) is 0.719. The van der Waals surface area contributed by atoms with Crippen molar-refractivity contribution in [3.8, 4) is 5.75 Å². The first-order valence-corrected chi connectivity index (χ1v) is 6.60. The molecule has 0 bridgehead atoms. The second-order valence-corrected chi connectivity index (χ2v) is 5.33. The number of rotatable bonds is 4. The summed E-state index contributed by atoms with van der Waals surface area (Å²) in [6.45, 7) is 0.844. The molecule has 2 unspecified atom stereocenters. The number of halogens is 1. The van der Waals surface area contributed by atoms with E-state index in [4.69, 9.17) is 4.74 Å². The van der Waals surface area contributed by atoms with Gasteiger partial charge in [-0.2, -0.15) is 0 Å². The van der Waals surface area contributed by atoms with Gasteiger partial charge in [0.25, 0.3) is 0 Å². The molecule has 1 aromatic rings. The highest BCUT2D eigenvalue weighted by Gasteiger charge is 2.24. The van der Waals surface area contributed by atoms with Crippen LogP contribution in [0.5, 0.6) is 5.75 Å². The molecule has 0 spiro atoms. The zero-order valence-corrected chi connectivity index (χ0v) is 10.4. The molecule has 0 heterocycles. The molecular weight excluding hydrogens is 252 g/mol. The Morgan fingerprint density at radius 3 is 2.67 bits per heavy atom. The van der Waals surface area contributed by atoms with Gasteiger partial charge in [-0.3, -0.25) is 0 Å². The summed E-state index contributed by atoms with van der Waals surface area (Å²) >= 11 is 3.74. The van der Waals surface area contributed by atoms with Crippen LogP contribution in [0.2, 0.25) is 0 Å². The lowest BCUT2D eigenvalue weighted by atomic mass is 10.1. The molecule has 1 saturated carbocycles. The molecule has 1 aliphatic carbocycles. The fraction of sp³-hybridized carbons (Fsp3) is 0.538. The minimum atomic E-state index is 0.719. The Kier molecular flexibility index (Phi) is 4.07. The van der Waals surface area contributed by atoms with E-state index in [1.807, 2.05) is 30.3 Å². The van der Waals surface area contributed by atoms with Crippen LogP contribution in [0.1, 0.15) is 25.7 Å². The van der Waals surface area contributed by atoms with E-state index in [9.17, 15) is 0 Å². The summed E-state index contributed by atoms with van der Waals surface area (Å²) in [5.74, 6) is 1.80. The second kappa shape index (κ2) is 5.55. The molecule has 1 aromatic carbocycles. The predicted octanol–water partition coefficient (Wildman–Crippen LogP) is 4.02. The van der Waals surface area contributed by atoms with Crippen molar-refractivity contribution in [1.29, 1.82) is 0 Å². The van der Waals surface area contributed by atoms with Gasteiger partial charge < -0.3 is 4.74 Å². The first kappa shape index (κ1) is 11.0. The Hall–Kier alpha value is -0.500. The van der Waals surface area contributed by atoms with E-state index in [0.29, 0.717) is 0 Å². The number of alkyl halides is 1. The van der Waals surface area contributed by atoms with Gasteiger partial charge in [0.05, 0.1) is 6.61 Å². The molecule has 2 atom stereocenters. The van der Waals surface area contributed by atoms with E-state index >= 15 is 0 Å². The van der Waals surface area contributed by atoms with Crippen LogP contribution in [0.3, 0.4) is 0 Å². The molecule has 2 rings (SSSR count). The molecule has 1 aliphatic rings. The minimum Gasteiger partial charge on any atom is -0.494 e. The fourth-order valence-corrected chi connectivity index (χ4v) is 3.01. The predicted molar refractivity (Wildman–Crippen MR) is 66.6 cm³/mol. The van der Waals surface area contributed by atoms with Crippen LogP contribution in [0.25, 0.3) is 0 Å². The Bertz CT molecular complexity index is 286. The Balaban J connectivity index is 1.71. The normalized spacial score (nSPS) is 25.4. The first-order chi connectivity index (χ1) is 7.36. The highest BCUT2D eigenvalue weighted by molar-refractivity contribution is 9.09. The van der Waals surface area contributed by atoms with Crippen LogP contribution in [-0.2, 0) is 0 Å². The molecule has 0 N–H and O–H groups in total. The van der Waals surface area contributed by atoms with Gasteiger partial charge in [-0.05, 0) is 37.3 Å². The summed E-state index contributed by atoms with van der Waals surface area (Å²) < 4.78 is 5.70. The first-order valence-electron chi connectivity index (χ1n) is 5.68. The lowest BCUT2D eigenvalue weighted by Crippen LogP contribution is -2.11. The van der Waals surface area contributed by atoms with Gasteiger partial charge in [0.15, 0.2) is 0 Å². The zero-order valence-electron chi connectivity index (χ0n) is 8.86. The molecule has 15 heavy (non-hydrogen) atoms. The topological polar surface area (TPSA) is 9.23 Å². The second-order valence-electron chi connectivity index (χ2n) is 4.16. The molecule has 82 valence electrons. The van der Waals surface area contributed by atoms with Gasteiger partial charge >= 0.3 is 0 Å². The van der Waals surface area contributed by atoms with Crippen LogP contribution in [-0.4, -0.2) is 11.4 Å². The molecule has 2 heteroatoms. The zero-order chi connectivity index (χ0) is 10.5. The molecule has 0 aromatic heterocycles. The van der Waals surface area contributed by atoms with E-state index < -0.39 is 0 Å². The van der Waals surface area contributed by atoms with Crippen molar-refractivity contribution >= 4 is 15.9 Å². The van der Waals surface area contributed by atoms with Crippen LogP contribution < -0.4 is 4.74 Å². The van der Waals surface area contributed by atoms with Gasteiger partial charge in [-0.25, -0.2) is 0 Å². The summed E-state index contributed by atoms with van der Waals surface area (Å²) in [6.07, 6.45) is 5.22. The van der Waals surface area contributed by atoms with E-state index in [-0.39, 0.29) is 0 Å². The molecular formula is C13H17BrO. The van der Waals surface area contributed by atoms with Gasteiger partial charge in [-0.1, -0.05) is 40.5 Å². The van der Waals surface area contributed by atoms with Crippen LogP contribution in [0.15, 0.2) is 30.3 Å². The van der Waals surface area contributed by atoms with Crippen LogP contribution >= 0.6 is 15.9 Å². The summed E-state index contributed by atoms with van der Waals surface area (Å²) in [5, 5.41) is 0. The molecule has 0 aliphatic heterocycles. The number of hydrogen-bond donors (Lipinski definition) is 0. The summed E-state index contributed by atoms with van der Waals surface area (Å²) in [6, 6.07) is 10.1. The van der Waals surface area contributed by atoms with Gasteiger partial charge in [0, 0.05) is 4.83 Å². The minimum absolute atomic E-state index is 0.719. The fourth-order valence-electron chi connectivity index (χ4n) is 2.16. The smallest absolute Gasteiger partial charge is 0.119 e. The van der Waals surface area contributed by atoms with Crippen molar-refractivity contribution in [1.82, 2.24) is 0 Å². The maximum Gasteiger partial charge on any atom is 0.119 e. The SMILES string of the molecule is BrC1CCCC1CCOc1ccccc1. The number of hydrogen-bond acceptors (Lipinski definition) is 1. The average Bonchev–Trinajstić information content (AvgIpc) is 2.66. The van der Waals surface area contributed by atoms with Crippen molar-refractivity contribution in [2.45, 2.75) is 30.5 Å². The monoisotopic (exact) mass is 268 g/mol. The Morgan fingerprint density at radius 2 is 2.00 bits per heavy atom. The lowest BCUT2D eigenvalue weighted by molar-refractivity contribution is 0.281. The number of ether oxygens (including phenoxy) is 1. The van der Waals surface area contributed by atoms with E-state index in [2.05, 4.69) is 15.9 Å². The third-order valence-corrected chi connectivity index (χ3v) is 4.27. The van der Waals surface area contributed by atoms with Gasteiger partial charge in [0.2, 0.25) is 0 Å². The Morgan fingerprint density at radius 1 is 1.20 bits per heavy atom. The summed E-state index contributed by atoms with van der Waals surface area (Å²) in [5.41, 5.74) is 0. The van der Waals surface area contributed by atoms with Crippen molar-refractivity contribution in [3.05, 3.63) is 30.3 Å². The molecule has 1 fully saturated rings. The highest BCUT2D eigenvalue weighted by Crippen LogP contribution is 2.33. The van der Waals surface area contributed by atoms with E-state index in [0.717, 1.165) is 23.1 Å². The largest absolute Gasteiger partial charge is 0.494 e. The maximum atomic E-state index is 5.70. The van der Waals surface area contributed by atoms with Gasteiger partial charge in [-0.15, -0.1) is 0 Å². The molecule has 0 radical (unpaired) electrons. The van der Waals surface area contributed by atoms with E-state index in [1.165, 1.54) is 25.7 Å². The Labute approximate surface area is 100.0 Å². The average molecular weight is 269 g/mol. The third kappa shape index (κ3) is 3.23. The number of benzene rings is 1. The van der Waals surface area contributed by atoms with Crippen molar-refractivity contribution in [2.24, 2.45) is 5.92 Å². The third-order valence-electron chi connectivity index (χ3n) is 3.07. The van der Waals surface area contributed by atoms with Crippen molar-refractivity contribution < 1.29 is 4.74 Å². The lowest BCUT2D eigenvalue weighted by Gasteiger charge is -2.14. The van der Waals surface area contributed by atoms with Crippen LogP contribution in [0.4, 0.5) is 0 Å². The molecule has 0 amide bonds. The van der Waals surface area contributed by atoms with Gasteiger partial charge in [0.1, 0.15) is 5.75 Å². The van der Waals surface area contributed by atoms with Crippen molar-refractivity contribution in [3.63, 3.8) is 0 Å². The van der Waals surface area contributed by atoms with Crippen LogP contribution in [0, 0.1) is 5.92 Å². The number of para-hydroxylation sites is 1. The maximum absolute atomic E-state index is 5.70. The van der Waals surface area contributed by atoms with E-state index in [1.54, 1.807) is 0 Å².